The highest BCUT2D eigenvalue weighted by Gasteiger charge is 2.22. The average molecular weight is 177 g/mol. The molecule has 1 saturated heterocycles. The molecule has 3 nitrogen and oxygen atoms in total. The zero-order valence-electron chi connectivity index (χ0n) is 8.25. The highest BCUT2D eigenvalue weighted by atomic mass is 15.3. The van der Waals surface area contributed by atoms with Crippen molar-refractivity contribution in [2.75, 3.05) is 20.1 Å². The van der Waals surface area contributed by atoms with Crippen LogP contribution in [0.15, 0.2) is 29.2 Å². The molecule has 2 heterocycles. The second kappa shape index (κ2) is 2.91. The van der Waals surface area contributed by atoms with E-state index in [4.69, 9.17) is 0 Å². The Hall–Kier alpha value is -1.25. The number of aliphatic imine (C=N–C) groups is 1. The van der Waals surface area contributed by atoms with Gasteiger partial charge in [-0.25, -0.2) is 4.99 Å². The third kappa shape index (κ3) is 1.34. The lowest BCUT2D eigenvalue weighted by Gasteiger charge is -2.36. The minimum atomic E-state index is 0.826. The number of hydrogen-bond acceptors (Lipinski definition) is 3. The van der Waals surface area contributed by atoms with Crippen molar-refractivity contribution in [2.45, 2.75) is 13.3 Å². The van der Waals surface area contributed by atoms with Gasteiger partial charge in [-0.2, -0.15) is 0 Å². The SMILES string of the molecule is C=C1N=C(N2CCC2)C(C)=CN1C. The first-order chi connectivity index (χ1) is 6.18. The molecule has 0 aromatic heterocycles. The quantitative estimate of drug-likeness (QED) is 0.557. The molecule has 2 rings (SSSR count). The van der Waals surface area contributed by atoms with Gasteiger partial charge >= 0.3 is 0 Å². The Morgan fingerprint density at radius 2 is 2.15 bits per heavy atom. The van der Waals surface area contributed by atoms with Crippen LogP contribution in [0.2, 0.25) is 0 Å². The van der Waals surface area contributed by atoms with Gasteiger partial charge < -0.3 is 9.80 Å². The van der Waals surface area contributed by atoms with Gasteiger partial charge in [-0.3, -0.25) is 0 Å². The zero-order valence-corrected chi connectivity index (χ0v) is 8.25. The molecule has 0 radical (unpaired) electrons. The fourth-order valence-electron chi connectivity index (χ4n) is 1.56. The molecule has 0 spiro atoms. The second-order valence-electron chi connectivity index (χ2n) is 3.62. The number of rotatable bonds is 0. The number of nitrogens with zero attached hydrogens (tertiary/aromatic N) is 3. The lowest BCUT2D eigenvalue weighted by molar-refractivity contribution is 0.297. The minimum Gasteiger partial charge on any atom is -0.356 e. The normalized spacial score (nSPS) is 22.5. The maximum Gasteiger partial charge on any atom is 0.135 e. The van der Waals surface area contributed by atoms with Crippen molar-refractivity contribution >= 4 is 5.84 Å². The van der Waals surface area contributed by atoms with Gasteiger partial charge in [0.25, 0.3) is 0 Å². The van der Waals surface area contributed by atoms with Crippen LogP contribution in [-0.2, 0) is 0 Å². The van der Waals surface area contributed by atoms with Gasteiger partial charge in [-0.15, -0.1) is 0 Å². The van der Waals surface area contributed by atoms with Crippen LogP contribution in [0.4, 0.5) is 0 Å². The fourth-order valence-corrected chi connectivity index (χ4v) is 1.56. The molecule has 0 aromatic rings. The van der Waals surface area contributed by atoms with Crippen LogP contribution >= 0.6 is 0 Å². The minimum absolute atomic E-state index is 0.826. The lowest BCUT2D eigenvalue weighted by Crippen LogP contribution is -2.44. The lowest BCUT2D eigenvalue weighted by atomic mass is 10.1. The maximum atomic E-state index is 4.47. The summed E-state index contributed by atoms with van der Waals surface area (Å²) in [6.45, 7) is 8.26. The van der Waals surface area contributed by atoms with E-state index in [9.17, 15) is 0 Å². The molecular formula is C10H15N3. The van der Waals surface area contributed by atoms with Gasteiger partial charge in [0.1, 0.15) is 11.7 Å². The van der Waals surface area contributed by atoms with Crippen LogP contribution in [-0.4, -0.2) is 35.8 Å². The van der Waals surface area contributed by atoms with E-state index in [2.05, 4.69) is 29.6 Å². The molecule has 0 bridgehead atoms. The van der Waals surface area contributed by atoms with E-state index in [0.717, 1.165) is 24.7 Å². The summed E-state index contributed by atoms with van der Waals surface area (Å²) in [6, 6.07) is 0. The molecule has 70 valence electrons. The number of hydrogen-bond donors (Lipinski definition) is 0. The van der Waals surface area contributed by atoms with Crippen LogP contribution in [0.25, 0.3) is 0 Å². The molecular weight excluding hydrogens is 162 g/mol. The molecule has 1 fully saturated rings. The maximum absolute atomic E-state index is 4.47. The topological polar surface area (TPSA) is 18.8 Å². The number of amidine groups is 1. The van der Waals surface area contributed by atoms with Gasteiger partial charge in [0, 0.05) is 31.9 Å². The summed E-state index contributed by atoms with van der Waals surface area (Å²) in [6.07, 6.45) is 3.37. The van der Waals surface area contributed by atoms with Crippen molar-refractivity contribution in [2.24, 2.45) is 4.99 Å². The molecule has 0 saturated carbocycles. The van der Waals surface area contributed by atoms with Crippen molar-refractivity contribution in [1.82, 2.24) is 9.80 Å². The van der Waals surface area contributed by atoms with Gasteiger partial charge in [-0.1, -0.05) is 6.58 Å². The van der Waals surface area contributed by atoms with E-state index in [1.165, 1.54) is 12.0 Å². The predicted octanol–water partition coefficient (Wildman–Crippen LogP) is 1.41. The van der Waals surface area contributed by atoms with E-state index in [1.54, 1.807) is 0 Å². The van der Waals surface area contributed by atoms with Crippen LogP contribution in [0.3, 0.4) is 0 Å². The Labute approximate surface area is 79.0 Å². The summed E-state index contributed by atoms with van der Waals surface area (Å²) in [5, 5.41) is 0. The molecule has 0 atom stereocenters. The summed E-state index contributed by atoms with van der Waals surface area (Å²) in [4.78, 5) is 8.72. The Bertz CT molecular complexity index is 297. The molecule has 0 aromatic carbocycles. The third-order valence-electron chi connectivity index (χ3n) is 2.54. The van der Waals surface area contributed by atoms with Gasteiger partial charge in [0.05, 0.1) is 0 Å². The average Bonchev–Trinajstić information content (AvgIpc) is 1.96. The Morgan fingerprint density at radius 1 is 1.46 bits per heavy atom. The first-order valence-corrected chi connectivity index (χ1v) is 4.62. The van der Waals surface area contributed by atoms with Crippen LogP contribution in [0.5, 0.6) is 0 Å². The van der Waals surface area contributed by atoms with E-state index in [1.807, 2.05) is 11.9 Å². The molecule has 2 aliphatic rings. The Kier molecular flexibility index (Phi) is 1.87. The summed E-state index contributed by atoms with van der Waals surface area (Å²) in [5.41, 5.74) is 1.23. The summed E-state index contributed by atoms with van der Waals surface area (Å²) < 4.78 is 0. The fraction of sp³-hybridized carbons (Fsp3) is 0.500. The van der Waals surface area contributed by atoms with E-state index < -0.39 is 0 Å². The zero-order chi connectivity index (χ0) is 9.42. The van der Waals surface area contributed by atoms with Crippen LogP contribution in [0.1, 0.15) is 13.3 Å². The summed E-state index contributed by atoms with van der Waals surface area (Å²) >= 11 is 0. The highest BCUT2D eigenvalue weighted by molar-refractivity contribution is 5.99. The molecule has 0 amide bonds. The first kappa shape index (κ1) is 8.35. The molecule has 0 N–H and O–H groups in total. The van der Waals surface area contributed by atoms with E-state index >= 15 is 0 Å². The highest BCUT2D eigenvalue weighted by Crippen LogP contribution is 2.19. The standard InChI is InChI=1S/C10H15N3/c1-8-7-12(3)9(2)11-10(8)13-5-4-6-13/h7H,2,4-6H2,1,3H3. The molecule has 3 heteroatoms. The van der Waals surface area contributed by atoms with Crippen LogP contribution in [0, 0.1) is 0 Å². The predicted molar refractivity (Wildman–Crippen MR) is 54.3 cm³/mol. The summed E-state index contributed by atoms with van der Waals surface area (Å²) in [7, 11) is 1.97. The molecule has 13 heavy (non-hydrogen) atoms. The number of likely N-dealkylation sites (tertiary alicyclic amines) is 1. The van der Waals surface area contributed by atoms with Gasteiger partial charge in [-0.05, 0) is 13.3 Å². The van der Waals surface area contributed by atoms with Crippen molar-refractivity contribution in [3.05, 3.63) is 24.2 Å². The Morgan fingerprint density at radius 3 is 2.69 bits per heavy atom. The summed E-state index contributed by atoms with van der Waals surface area (Å²) in [5.74, 6) is 1.93. The van der Waals surface area contributed by atoms with Crippen LogP contribution < -0.4 is 0 Å². The largest absolute Gasteiger partial charge is 0.356 e. The smallest absolute Gasteiger partial charge is 0.135 e. The first-order valence-electron chi connectivity index (χ1n) is 4.62. The molecule has 0 unspecified atom stereocenters. The van der Waals surface area contributed by atoms with Crippen molar-refractivity contribution in [3.8, 4) is 0 Å². The third-order valence-corrected chi connectivity index (χ3v) is 2.54. The molecule has 2 aliphatic heterocycles. The molecule has 0 aliphatic carbocycles. The van der Waals surface area contributed by atoms with Gasteiger partial charge in [0.2, 0.25) is 0 Å². The van der Waals surface area contributed by atoms with E-state index in [-0.39, 0.29) is 0 Å². The van der Waals surface area contributed by atoms with Gasteiger partial charge in [0.15, 0.2) is 0 Å². The van der Waals surface area contributed by atoms with Crippen molar-refractivity contribution < 1.29 is 0 Å². The second-order valence-corrected chi connectivity index (χ2v) is 3.62. The van der Waals surface area contributed by atoms with Crippen molar-refractivity contribution in [1.29, 1.82) is 0 Å². The van der Waals surface area contributed by atoms with E-state index in [0.29, 0.717) is 0 Å². The Balaban J connectivity index is 2.22. The van der Waals surface area contributed by atoms with Crippen molar-refractivity contribution in [3.63, 3.8) is 0 Å². The monoisotopic (exact) mass is 177 g/mol.